The largest absolute Gasteiger partial charge is 4.00 e. The summed E-state index contributed by atoms with van der Waals surface area (Å²) in [5.41, 5.74) is 2.59. The van der Waals surface area contributed by atoms with Crippen LogP contribution in [0.1, 0.15) is 0 Å². The van der Waals surface area contributed by atoms with Crippen molar-refractivity contribution in [2.24, 2.45) is 0 Å². The Morgan fingerprint density at radius 2 is 1.23 bits per heavy atom. The Bertz CT molecular complexity index is 476. The molecule has 0 aromatic heterocycles. The van der Waals surface area contributed by atoms with E-state index in [0.29, 0.717) is 15.4 Å². The van der Waals surface area contributed by atoms with Gasteiger partial charge in [0.25, 0.3) is 0 Å². The molecule has 0 aliphatic rings. The molecule has 4 heteroatoms. The third-order valence-corrected chi connectivity index (χ3v) is 2.33. The first-order chi connectivity index (χ1) is 9.38. The molecule has 0 heterocycles. The van der Waals surface area contributed by atoms with Crippen LogP contribution in [0.25, 0.3) is 11.1 Å². The molecule has 3 aromatic rings. The molecule has 0 aliphatic carbocycles. The Labute approximate surface area is 172 Å². The van der Waals surface area contributed by atoms with E-state index in [1.165, 1.54) is 11.1 Å². The third-order valence-electron chi connectivity index (χ3n) is 2.33. The summed E-state index contributed by atoms with van der Waals surface area (Å²) in [6.07, 6.45) is 0. The Morgan fingerprint density at radius 1 is 0.773 bits per heavy atom. The predicted molar refractivity (Wildman–Crippen MR) is 88.4 cm³/mol. The summed E-state index contributed by atoms with van der Waals surface area (Å²) < 4.78 is 0. The minimum Gasteiger partial charge on any atom is -1.00 e. The Hall–Kier alpha value is -0.0740. The first kappa shape index (κ1) is 26.8. The van der Waals surface area contributed by atoms with Crippen molar-refractivity contribution in [1.82, 2.24) is 0 Å². The zero-order valence-corrected chi connectivity index (χ0v) is 19.3. The van der Waals surface area contributed by atoms with Gasteiger partial charge >= 0.3 is 53.1 Å². The Balaban J connectivity index is -0.000000283. The number of rotatable bonds is 1. The summed E-state index contributed by atoms with van der Waals surface area (Å²) in [4.78, 5) is 0. The molecule has 22 heavy (non-hydrogen) atoms. The van der Waals surface area contributed by atoms with Crippen molar-refractivity contribution >= 4 is 15.4 Å². The smallest absolute Gasteiger partial charge is 1.00 e. The maximum Gasteiger partial charge on any atom is 4.00 e. The van der Waals surface area contributed by atoms with Gasteiger partial charge in [0.05, 0.1) is 0 Å². The number of halogens is 2. The SMILES string of the molecule is [CH3][GeH][CH3].[Cl-].[Cl-].[Zr+4].c1cc[cH-]c1.c1ccc(-[c-]2cccc2)cc1. The van der Waals surface area contributed by atoms with Crippen LogP contribution in [0.15, 0.2) is 84.9 Å². The number of hydrogen-bond acceptors (Lipinski definition) is 0. The molecule has 0 amide bonds. The van der Waals surface area contributed by atoms with Gasteiger partial charge in [-0.25, -0.2) is 12.1 Å². The summed E-state index contributed by atoms with van der Waals surface area (Å²) in [7, 11) is 0. The normalized spacial score (nSPS) is 7.55. The predicted octanol–water partition coefficient (Wildman–Crippen LogP) is -0.997. The minimum atomic E-state index is 0. The van der Waals surface area contributed by atoms with Crippen LogP contribution in [0.5, 0.6) is 0 Å². The number of hydrogen-bond donors (Lipinski definition) is 0. The Kier molecular flexibility index (Phi) is 23.1. The first-order valence-corrected chi connectivity index (χ1v) is 11.4. The molecule has 115 valence electrons. The number of benzene rings is 1. The van der Waals surface area contributed by atoms with Gasteiger partial charge in [-0.15, -0.1) is 29.8 Å². The van der Waals surface area contributed by atoms with Gasteiger partial charge in [0.1, 0.15) is 0 Å². The molecule has 0 unspecified atom stereocenters. The second-order valence-corrected chi connectivity index (χ2v) is 6.50. The van der Waals surface area contributed by atoms with E-state index in [1.807, 2.05) is 36.4 Å². The van der Waals surface area contributed by atoms with Crippen molar-refractivity contribution in [2.45, 2.75) is 11.5 Å². The molecule has 3 rings (SSSR count). The standard InChI is InChI=1S/C11H9.C5H5.C2H7Ge.2ClH.Zr/c1-2-6-10(7-3-1)11-8-4-5-9-11;1-2-4-5-3-1;1-3-2;;;/h1-9H;1-5H;3H,1-2H3;2*1H;/q2*-1;;;;+4/p-2. The van der Waals surface area contributed by atoms with E-state index in [-0.39, 0.29) is 51.0 Å². The van der Waals surface area contributed by atoms with Crippen molar-refractivity contribution in [3.8, 4) is 11.1 Å². The van der Waals surface area contributed by atoms with Crippen LogP contribution in [-0.4, -0.2) is 15.4 Å². The van der Waals surface area contributed by atoms with E-state index in [1.54, 1.807) is 0 Å². The third kappa shape index (κ3) is 12.5. The van der Waals surface area contributed by atoms with Gasteiger partial charge in [-0.2, -0.15) is 30.3 Å². The second kappa shape index (κ2) is 19.0. The molecular formula is C18H21Cl2GeZr. The van der Waals surface area contributed by atoms with Crippen LogP contribution in [-0.2, 0) is 26.2 Å². The van der Waals surface area contributed by atoms with E-state index in [0.717, 1.165) is 0 Å². The van der Waals surface area contributed by atoms with E-state index in [2.05, 4.69) is 60.0 Å². The summed E-state index contributed by atoms with van der Waals surface area (Å²) >= 11 is 0.312. The quantitative estimate of drug-likeness (QED) is 0.315. The van der Waals surface area contributed by atoms with Gasteiger partial charge < -0.3 is 24.8 Å². The van der Waals surface area contributed by atoms with Gasteiger partial charge in [-0.05, 0) is 0 Å². The van der Waals surface area contributed by atoms with E-state index in [4.69, 9.17) is 0 Å². The van der Waals surface area contributed by atoms with E-state index in [9.17, 15) is 0 Å². The fourth-order valence-electron chi connectivity index (χ4n) is 1.52. The van der Waals surface area contributed by atoms with Crippen molar-refractivity contribution in [3.05, 3.63) is 84.9 Å². The van der Waals surface area contributed by atoms with Gasteiger partial charge in [0, 0.05) is 0 Å². The van der Waals surface area contributed by atoms with Gasteiger partial charge in [-0.1, -0.05) is 23.8 Å². The van der Waals surface area contributed by atoms with E-state index < -0.39 is 0 Å². The van der Waals surface area contributed by atoms with Crippen LogP contribution in [0.3, 0.4) is 0 Å². The van der Waals surface area contributed by atoms with Crippen LogP contribution in [0.4, 0.5) is 0 Å². The average molecular weight is 472 g/mol. The monoisotopic (exact) mass is 471 g/mol. The molecule has 0 fully saturated rings. The van der Waals surface area contributed by atoms with Crippen molar-refractivity contribution in [1.29, 1.82) is 0 Å². The molecule has 0 atom stereocenters. The van der Waals surface area contributed by atoms with Crippen LogP contribution < -0.4 is 24.8 Å². The van der Waals surface area contributed by atoms with Gasteiger partial charge in [-0.3, -0.25) is 0 Å². The zero-order chi connectivity index (χ0) is 13.8. The molecule has 0 saturated carbocycles. The average Bonchev–Trinajstić information content (AvgIpc) is 3.17. The molecule has 0 saturated heterocycles. The van der Waals surface area contributed by atoms with Crippen molar-refractivity contribution < 1.29 is 51.0 Å². The molecule has 0 aliphatic heterocycles. The summed E-state index contributed by atoms with van der Waals surface area (Å²) in [6, 6.07) is 28.7. The first-order valence-electron chi connectivity index (χ1n) is 6.56. The Morgan fingerprint density at radius 3 is 1.59 bits per heavy atom. The molecule has 0 spiro atoms. The molecule has 0 nitrogen and oxygen atoms in total. The summed E-state index contributed by atoms with van der Waals surface area (Å²) in [6.45, 7) is 0. The maximum absolute atomic E-state index is 2.28. The van der Waals surface area contributed by atoms with Crippen LogP contribution >= 0.6 is 0 Å². The second-order valence-electron chi connectivity index (χ2n) is 4.08. The molecule has 1 radical (unpaired) electrons. The summed E-state index contributed by atoms with van der Waals surface area (Å²) in [5.74, 6) is 4.56. The zero-order valence-electron chi connectivity index (χ0n) is 12.9. The molecule has 0 bridgehead atoms. The molecule has 3 aromatic carbocycles. The fourth-order valence-corrected chi connectivity index (χ4v) is 1.52. The summed E-state index contributed by atoms with van der Waals surface area (Å²) in [5, 5.41) is 0. The van der Waals surface area contributed by atoms with E-state index >= 15 is 0 Å². The fraction of sp³-hybridized carbons (Fsp3) is 0.111. The van der Waals surface area contributed by atoms with Crippen LogP contribution in [0, 0.1) is 0 Å². The maximum atomic E-state index is 2.28. The van der Waals surface area contributed by atoms with Crippen LogP contribution in [0.2, 0.25) is 11.5 Å². The molecular weight excluding hydrogens is 451 g/mol. The topological polar surface area (TPSA) is 0 Å². The van der Waals surface area contributed by atoms with Gasteiger partial charge in [0.15, 0.2) is 0 Å². The molecule has 0 N–H and O–H groups in total. The van der Waals surface area contributed by atoms with Crippen molar-refractivity contribution in [3.63, 3.8) is 0 Å². The van der Waals surface area contributed by atoms with Crippen molar-refractivity contribution in [2.75, 3.05) is 0 Å². The minimum absolute atomic E-state index is 0. The van der Waals surface area contributed by atoms with Gasteiger partial charge in [0.2, 0.25) is 0 Å².